The van der Waals surface area contributed by atoms with E-state index in [2.05, 4.69) is 16.4 Å². The van der Waals surface area contributed by atoms with Crippen LogP contribution < -0.4 is 15.8 Å². The molecule has 35 heavy (non-hydrogen) atoms. The number of aryl methyl sites for hydroxylation is 1. The first kappa shape index (κ1) is 23.4. The van der Waals surface area contributed by atoms with Gasteiger partial charge in [-0.2, -0.15) is 5.10 Å². The van der Waals surface area contributed by atoms with Gasteiger partial charge in [-0.25, -0.2) is 14.2 Å². The number of halogens is 2. The molecule has 3 aromatic rings. The molecule has 0 bridgehead atoms. The highest BCUT2D eigenvalue weighted by Gasteiger charge is 2.47. The number of nitrogens with zero attached hydrogens (tertiary/aromatic N) is 4. The van der Waals surface area contributed by atoms with Gasteiger partial charge in [0.1, 0.15) is 12.4 Å². The van der Waals surface area contributed by atoms with Crippen molar-refractivity contribution in [3.05, 3.63) is 58.6 Å². The Balaban J connectivity index is 1.35. The highest BCUT2D eigenvalue weighted by atomic mass is 35.5. The molecule has 1 saturated heterocycles. The van der Waals surface area contributed by atoms with E-state index in [4.69, 9.17) is 27.2 Å². The van der Waals surface area contributed by atoms with Crippen molar-refractivity contribution in [1.29, 1.82) is 0 Å². The van der Waals surface area contributed by atoms with Gasteiger partial charge in [0.15, 0.2) is 11.6 Å². The highest BCUT2D eigenvalue weighted by Crippen LogP contribution is 2.44. The third-order valence-corrected chi connectivity index (χ3v) is 7.12. The van der Waals surface area contributed by atoms with Crippen LogP contribution in [0.25, 0.3) is 11.3 Å². The van der Waals surface area contributed by atoms with E-state index in [1.807, 2.05) is 23.4 Å². The Labute approximate surface area is 208 Å². The third kappa shape index (κ3) is 4.52. The number of rotatable bonds is 5. The van der Waals surface area contributed by atoms with Crippen LogP contribution in [0.3, 0.4) is 0 Å². The SMILES string of the molecule is CC(C)NC(=O)N1CC[C@@]2(CCn3nc(-c4cnc(N)c(OCc5cc(F)ccc5Cl)c4)cc32)C1. The molecule has 0 aliphatic carbocycles. The van der Waals surface area contributed by atoms with Crippen LogP contribution in [0.15, 0.2) is 36.5 Å². The predicted molar refractivity (Wildman–Crippen MR) is 132 cm³/mol. The van der Waals surface area contributed by atoms with Gasteiger partial charge in [0.2, 0.25) is 0 Å². The topological polar surface area (TPSA) is 98.3 Å². The third-order valence-electron chi connectivity index (χ3n) is 6.75. The summed E-state index contributed by atoms with van der Waals surface area (Å²) < 4.78 is 21.4. The number of anilines is 1. The molecule has 1 spiro atoms. The Hall–Kier alpha value is -3.33. The van der Waals surface area contributed by atoms with Crippen molar-refractivity contribution in [3.63, 3.8) is 0 Å². The van der Waals surface area contributed by atoms with Gasteiger partial charge >= 0.3 is 6.03 Å². The summed E-state index contributed by atoms with van der Waals surface area (Å²) >= 11 is 6.15. The first-order valence-corrected chi connectivity index (χ1v) is 12.1. The average Bonchev–Trinajstić information content (AvgIpc) is 3.52. The van der Waals surface area contributed by atoms with Crippen LogP contribution in [0.2, 0.25) is 5.02 Å². The summed E-state index contributed by atoms with van der Waals surface area (Å²) in [4.78, 5) is 18.7. The number of nitrogens with two attached hydrogens (primary N) is 1. The number of ether oxygens (including phenoxy) is 1. The molecule has 1 atom stereocenters. The molecule has 8 nitrogen and oxygen atoms in total. The second-order valence-electron chi connectivity index (χ2n) is 9.58. The summed E-state index contributed by atoms with van der Waals surface area (Å²) in [5.74, 6) is 0.219. The van der Waals surface area contributed by atoms with Crippen molar-refractivity contribution in [2.75, 3.05) is 18.8 Å². The molecule has 0 radical (unpaired) electrons. The fourth-order valence-corrected chi connectivity index (χ4v) is 5.09. The average molecular weight is 499 g/mol. The van der Waals surface area contributed by atoms with Gasteiger partial charge in [0.25, 0.3) is 0 Å². The van der Waals surface area contributed by atoms with Gasteiger partial charge in [-0.05, 0) is 57.0 Å². The van der Waals surface area contributed by atoms with Gasteiger partial charge in [-0.15, -0.1) is 0 Å². The lowest BCUT2D eigenvalue weighted by molar-refractivity contribution is 0.203. The van der Waals surface area contributed by atoms with Gasteiger partial charge < -0.3 is 20.7 Å². The van der Waals surface area contributed by atoms with Gasteiger partial charge in [-0.1, -0.05) is 11.6 Å². The molecular weight excluding hydrogens is 471 g/mol. The molecule has 1 aromatic carbocycles. The Morgan fingerprint density at radius 3 is 2.89 bits per heavy atom. The number of fused-ring (bicyclic) bond motifs is 2. The lowest BCUT2D eigenvalue weighted by Crippen LogP contribution is -2.43. The quantitative estimate of drug-likeness (QED) is 0.544. The Kier molecular flexibility index (Phi) is 6.04. The second kappa shape index (κ2) is 9.03. The van der Waals surface area contributed by atoms with E-state index in [0.29, 0.717) is 22.9 Å². The molecule has 2 amide bonds. The molecule has 10 heteroatoms. The van der Waals surface area contributed by atoms with Gasteiger partial charge in [0.05, 0.1) is 5.69 Å². The Morgan fingerprint density at radius 2 is 2.09 bits per heavy atom. The predicted octanol–water partition coefficient (Wildman–Crippen LogP) is 4.36. The molecule has 1 fully saturated rings. The smallest absolute Gasteiger partial charge is 0.317 e. The molecule has 2 aromatic heterocycles. The molecule has 2 aliphatic heterocycles. The van der Waals surface area contributed by atoms with Crippen LogP contribution in [0.4, 0.5) is 15.0 Å². The van der Waals surface area contributed by atoms with Crippen molar-refractivity contribution in [3.8, 4) is 17.0 Å². The summed E-state index contributed by atoms with van der Waals surface area (Å²) in [5.41, 5.74) is 9.14. The molecule has 3 N–H and O–H groups in total. The zero-order chi connectivity index (χ0) is 24.7. The number of urea groups is 1. The standard InChI is InChI=1S/C25H28ClFN6O2/c1-15(2)30-24(34)32-7-5-25(14-32)6-8-33-22(25)11-20(31-33)16-10-21(23(28)29-12-16)35-13-17-9-18(27)3-4-19(17)26/h3-4,9-12,15H,5-8,13-14H2,1-2H3,(H2,28,29)(H,30,34)/t25-/m1/s1. The Bertz CT molecular complexity index is 1280. The van der Waals surface area contributed by atoms with E-state index >= 15 is 0 Å². The van der Waals surface area contributed by atoms with Crippen LogP contribution in [0.1, 0.15) is 37.9 Å². The zero-order valence-corrected chi connectivity index (χ0v) is 20.5. The zero-order valence-electron chi connectivity index (χ0n) is 19.7. The minimum absolute atomic E-state index is 0.0158. The number of carbonyl (C=O) groups is 1. The summed E-state index contributed by atoms with van der Waals surface area (Å²) in [7, 11) is 0. The monoisotopic (exact) mass is 498 g/mol. The van der Waals surface area contributed by atoms with Crippen LogP contribution in [0, 0.1) is 5.82 Å². The van der Waals surface area contributed by atoms with Crippen molar-refractivity contribution < 1.29 is 13.9 Å². The number of nitrogen functional groups attached to an aromatic ring is 1. The normalized spacial score (nSPS) is 18.9. The number of aromatic nitrogens is 3. The summed E-state index contributed by atoms with van der Waals surface area (Å²) in [5, 5.41) is 8.21. The molecule has 0 unspecified atom stereocenters. The number of hydrogen-bond donors (Lipinski definition) is 2. The van der Waals surface area contributed by atoms with Crippen LogP contribution in [-0.2, 0) is 18.6 Å². The molecule has 2 aliphatic rings. The lowest BCUT2D eigenvalue weighted by atomic mass is 9.82. The summed E-state index contributed by atoms with van der Waals surface area (Å²) in [6, 6.07) is 8.08. The minimum atomic E-state index is -0.388. The number of pyridine rings is 1. The molecular formula is C25H28ClFN6O2. The number of likely N-dealkylation sites (tertiary alicyclic amines) is 1. The van der Waals surface area contributed by atoms with Crippen molar-refractivity contribution in [1.82, 2.24) is 25.0 Å². The molecule has 184 valence electrons. The van der Waals surface area contributed by atoms with E-state index < -0.39 is 0 Å². The highest BCUT2D eigenvalue weighted by molar-refractivity contribution is 6.31. The molecule has 0 saturated carbocycles. The van der Waals surface area contributed by atoms with Crippen LogP contribution >= 0.6 is 11.6 Å². The first-order chi connectivity index (χ1) is 16.7. The largest absolute Gasteiger partial charge is 0.485 e. The van der Waals surface area contributed by atoms with E-state index in [1.54, 1.807) is 12.3 Å². The lowest BCUT2D eigenvalue weighted by Gasteiger charge is -2.24. The maximum atomic E-state index is 13.6. The van der Waals surface area contributed by atoms with Crippen LogP contribution in [0.5, 0.6) is 5.75 Å². The van der Waals surface area contributed by atoms with Gasteiger partial charge in [-0.3, -0.25) is 4.68 Å². The second-order valence-corrected chi connectivity index (χ2v) is 9.98. The van der Waals surface area contributed by atoms with E-state index in [0.717, 1.165) is 42.9 Å². The van der Waals surface area contributed by atoms with Crippen molar-refractivity contribution >= 4 is 23.4 Å². The first-order valence-electron chi connectivity index (χ1n) is 11.7. The maximum absolute atomic E-state index is 13.6. The minimum Gasteiger partial charge on any atom is -0.485 e. The number of carbonyl (C=O) groups excluding carboxylic acids is 1. The number of amides is 2. The molecule has 4 heterocycles. The fraction of sp³-hybridized carbons (Fsp3) is 0.400. The van der Waals surface area contributed by atoms with Crippen molar-refractivity contribution in [2.24, 2.45) is 0 Å². The summed E-state index contributed by atoms with van der Waals surface area (Å²) in [6.07, 6.45) is 3.54. The fourth-order valence-electron chi connectivity index (χ4n) is 4.92. The van der Waals surface area contributed by atoms with E-state index in [9.17, 15) is 9.18 Å². The van der Waals surface area contributed by atoms with Gasteiger partial charge in [0, 0.05) is 59.1 Å². The van der Waals surface area contributed by atoms with E-state index in [1.165, 1.54) is 18.2 Å². The number of benzene rings is 1. The molecule has 5 rings (SSSR count). The number of nitrogens with one attached hydrogen (secondary N) is 1. The number of hydrogen-bond acceptors (Lipinski definition) is 5. The van der Waals surface area contributed by atoms with Crippen LogP contribution in [-0.4, -0.2) is 44.8 Å². The maximum Gasteiger partial charge on any atom is 0.317 e. The Morgan fingerprint density at radius 1 is 1.29 bits per heavy atom. The summed E-state index contributed by atoms with van der Waals surface area (Å²) in [6.45, 7) is 6.20. The van der Waals surface area contributed by atoms with E-state index in [-0.39, 0.29) is 35.7 Å². The van der Waals surface area contributed by atoms with Crippen molar-refractivity contribution in [2.45, 2.75) is 51.3 Å².